The SMILES string of the molecule is CCC(C)(C)COC(=O)CS(=O)O. The van der Waals surface area contributed by atoms with E-state index in [-0.39, 0.29) is 5.41 Å². The zero-order valence-electron chi connectivity index (χ0n) is 8.20. The lowest BCUT2D eigenvalue weighted by Gasteiger charge is -2.21. The summed E-state index contributed by atoms with van der Waals surface area (Å²) >= 11 is -2.10. The summed E-state index contributed by atoms with van der Waals surface area (Å²) in [4.78, 5) is 10.8. The number of hydrogen-bond donors (Lipinski definition) is 1. The van der Waals surface area contributed by atoms with Crippen molar-refractivity contribution in [1.29, 1.82) is 0 Å². The normalized spacial score (nSPS) is 13.8. The van der Waals surface area contributed by atoms with Crippen LogP contribution in [-0.2, 0) is 20.6 Å². The largest absolute Gasteiger partial charge is 0.464 e. The molecule has 1 unspecified atom stereocenters. The van der Waals surface area contributed by atoms with E-state index in [1.54, 1.807) is 0 Å². The third-order valence-electron chi connectivity index (χ3n) is 1.82. The second kappa shape index (κ2) is 5.34. The van der Waals surface area contributed by atoms with Gasteiger partial charge in [0.1, 0.15) is 5.75 Å². The number of carbonyl (C=O) groups excluding carboxylic acids is 1. The number of rotatable bonds is 5. The Kier molecular flexibility index (Phi) is 5.17. The molecule has 0 aromatic heterocycles. The first kappa shape index (κ1) is 12.6. The number of esters is 1. The van der Waals surface area contributed by atoms with Gasteiger partial charge in [0.25, 0.3) is 0 Å². The molecule has 0 saturated heterocycles. The zero-order chi connectivity index (χ0) is 10.5. The average molecular weight is 208 g/mol. The fourth-order valence-electron chi connectivity index (χ4n) is 0.520. The van der Waals surface area contributed by atoms with Gasteiger partial charge in [-0.05, 0) is 11.8 Å². The molecule has 0 bridgehead atoms. The van der Waals surface area contributed by atoms with E-state index in [4.69, 9.17) is 9.29 Å². The van der Waals surface area contributed by atoms with Crippen molar-refractivity contribution in [3.8, 4) is 0 Å². The lowest BCUT2D eigenvalue weighted by Crippen LogP contribution is -2.23. The second-order valence-electron chi connectivity index (χ2n) is 3.64. The van der Waals surface area contributed by atoms with Crippen LogP contribution in [0, 0.1) is 5.41 Å². The van der Waals surface area contributed by atoms with Gasteiger partial charge in [-0.25, -0.2) is 4.21 Å². The molecule has 0 aliphatic heterocycles. The lowest BCUT2D eigenvalue weighted by molar-refractivity contribution is -0.143. The highest BCUT2D eigenvalue weighted by atomic mass is 32.2. The van der Waals surface area contributed by atoms with Crippen molar-refractivity contribution in [2.75, 3.05) is 12.4 Å². The summed E-state index contributed by atoms with van der Waals surface area (Å²) < 4.78 is 23.4. The maximum atomic E-state index is 10.8. The van der Waals surface area contributed by atoms with Crippen molar-refractivity contribution >= 4 is 17.0 Å². The summed E-state index contributed by atoms with van der Waals surface area (Å²) in [6.45, 7) is 6.23. The van der Waals surface area contributed by atoms with E-state index in [1.807, 2.05) is 20.8 Å². The quantitative estimate of drug-likeness (QED) is 0.544. The molecule has 5 heteroatoms. The molecular weight excluding hydrogens is 192 g/mol. The van der Waals surface area contributed by atoms with Crippen LogP contribution in [0.15, 0.2) is 0 Å². The minimum absolute atomic E-state index is 0.0629. The maximum Gasteiger partial charge on any atom is 0.321 e. The summed E-state index contributed by atoms with van der Waals surface area (Å²) in [6, 6.07) is 0. The van der Waals surface area contributed by atoms with Gasteiger partial charge >= 0.3 is 5.97 Å². The summed E-state index contributed by atoms with van der Waals surface area (Å²) in [6.07, 6.45) is 0.891. The smallest absolute Gasteiger partial charge is 0.321 e. The molecule has 0 amide bonds. The van der Waals surface area contributed by atoms with Gasteiger partial charge in [-0.1, -0.05) is 20.8 Å². The van der Waals surface area contributed by atoms with E-state index < -0.39 is 22.8 Å². The summed E-state index contributed by atoms with van der Waals surface area (Å²) in [5.41, 5.74) is -0.0629. The molecule has 1 N–H and O–H groups in total. The molecule has 1 atom stereocenters. The van der Waals surface area contributed by atoms with Crippen molar-refractivity contribution in [3.05, 3.63) is 0 Å². The van der Waals surface area contributed by atoms with Gasteiger partial charge < -0.3 is 9.29 Å². The Morgan fingerprint density at radius 2 is 2.08 bits per heavy atom. The van der Waals surface area contributed by atoms with Crippen molar-refractivity contribution < 1.29 is 18.3 Å². The van der Waals surface area contributed by atoms with Gasteiger partial charge in [0.2, 0.25) is 0 Å². The highest BCUT2D eigenvalue weighted by molar-refractivity contribution is 7.80. The molecular formula is C8H16O4S. The van der Waals surface area contributed by atoms with Crippen LogP contribution in [0.25, 0.3) is 0 Å². The van der Waals surface area contributed by atoms with E-state index in [0.717, 1.165) is 6.42 Å². The lowest BCUT2D eigenvalue weighted by atomic mass is 9.92. The molecule has 0 heterocycles. The highest BCUT2D eigenvalue weighted by Crippen LogP contribution is 2.19. The molecule has 0 aromatic rings. The predicted molar refractivity (Wildman–Crippen MR) is 50.7 cm³/mol. The Morgan fingerprint density at radius 3 is 2.46 bits per heavy atom. The summed E-state index contributed by atoms with van der Waals surface area (Å²) in [7, 11) is 0. The van der Waals surface area contributed by atoms with Crippen molar-refractivity contribution in [1.82, 2.24) is 0 Å². The third kappa shape index (κ3) is 6.72. The first-order valence-corrected chi connectivity index (χ1v) is 5.38. The maximum absolute atomic E-state index is 10.8. The molecule has 13 heavy (non-hydrogen) atoms. The molecule has 0 rings (SSSR count). The summed E-state index contributed by atoms with van der Waals surface area (Å²) in [5.74, 6) is -1.07. The van der Waals surface area contributed by atoms with E-state index in [2.05, 4.69) is 0 Å². The minimum Gasteiger partial charge on any atom is -0.464 e. The monoisotopic (exact) mass is 208 g/mol. The highest BCUT2D eigenvalue weighted by Gasteiger charge is 2.18. The first-order chi connectivity index (χ1) is 5.87. The van der Waals surface area contributed by atoms with Crippen molar-refractivity contribution in [2.45, 2.75) is 27.2 Å². The predicted octanol–water partition coefficient (Wildman–Crippen LogP) is 1.19. The van der Waals surface area contributed by atoms with Crippen LogP contribution in [0.3, 0.4) is 0 Å². The zero-order valence-corrected chi connectivity index (χ0v) is 9.02. The average Bonchev–Trinajstić information content (AvgIpc) is 2.00. The molecule has 78 valence electrons. The van der Waals surface area contributed by atoms with Crippen LogP contribution in [0.4, 0.5) is 0 Å². The standard InChI is InChI=1S/C8H16O4S/c1-4-8(2,3)6-12-7(9)5-13(10)11/h4-6H2,1-3H3,(H,10,11). The third-order valence-corrected chi connectivity index (χ3v) is 2.30. The van der Waals surface area contributed by atoms with Gasteiger partial charge in [-0.2, -0.15) is 0 Å². The second-order valence-corrected chi connectivity index (χ2v) is 4.58. The molecule has 0 radical (unpaired) electrons. The number of ether oxygens (including phenoxy) is 1. The van der Waals surface area contributed by atoms with Crippen LogP contribution in [0.5, 0.6) is 0 Å². The van der Waals surface area contributed by atoms with Crippen LogP contribution >= 0.6 is 0 Å². The Balaban J connectivity index is 3.76. The molecule has 0 saturated carbocycles. The van der Waals surface area contributed by atoms with Gasteiger partial charge in [-0.3, -0.25) is 4.79 Å². The van der Waals surface area contributed by atoms with E-state index in [9.17, 15) is 9.00 Å². The van der Waals surface area contributed by atoms with E-state index in [0.29, 0.717) is 6.61 Å². The van der Waals surface area contributed by atoms with E-state index in [1.165, 1.54) is 0 Å². The van der Waals surface area contributed by atoms with Crippen LogP contribution in [0.2, 0.25) is 0 Å². The van der Waals surface area contributed by atoms with Crippen LogP contribution in [0.1, 0.15) is 27.2 Å². The van der Waals surface area contributed by atoms with Crippen LogP contribution < -0.4 is 0 Å². The minimum atomic E-state index is -2.10. The van der Waals surface area contributed by atoms with Crippen molar-refractivity contribution in [3.63, 3.8) is 0 Å². The Morgan fingerprint density at radius 1 is 1.54 bits per heavy atom. The molecule has 0 fully saturated rings. The fraction of sp³-hybridized carbons (Fsp3) is 0.875. The van der Waals surface area contributed by atoms with E-state index >= 15 is 0 Å². The van der Waals surface area contributed by atoms with Gasteiger partial charge in [0, 0.05) is 0 Å². The number of hydrogen-bond acceptors (Lipinski definition) is 3. The molecule has 4 nitrogen and oxygen atoms in total. The number of carbonyl (C=O) groups is 1. The van der Waals surface area contributed by atoms with Gasteiger partial charge in [0.05, 0.1) is 6.61 Å². The Bertz CT molecular complexity index is 200. The topological polar surface area (TPSA) is 63.6 Å². The fourth-order valence-corrected chi connectivity index (χ4v) is 0.805. The van der Waals surface area contributed by atoms with Crippen molar-refractivity contribution in [2.24, 2.45) is 5.41 Å². The molecule has 0 aliphatic rings. The Hall–Kier alpha value is -0.420. The molecule has 0 spiro atoms. The van der Waals surface area contributed by atoms with Gasteiger partial charge in [0.15, 0.2) is 11.1 Å². The Labute approximate surface area is 80.9 Å². The molecule has 0 aromatic carbocycles. The molecule has 0 aliphatic carbocycles. The summed E-state index contributed by atoms with van der Waals surface area (Å²) in [5, 5.41) is 0. The van der Waals surface area contributed by atoms with Crippen LogP contribution in [-0.4, -0.2) is 27.1 Å². The first-order valence-electron chi connectivity index (χ1n) is 4.10. The van der Waals surface area contributed by atoms with Gasteiger partial charge in [-0.15, -0.1) is 0 Å².